The van der Waals surface area contributed by atoms with Crippen LogP contribution in [-0.2, 0) is 6.18 Å². The van der Waals surface area contributed by atoms with Crippen molar-refractivity contribution in [1.82, 2.24) is 9.97 Å². The van der Waals surface area contributed by atoms with Crippen molar-refractivity contribution in [3.8, 4) is 11.3 Å². The molecule has 0 bridgehead atoms. The summed E-state index contributed by atoms with van der Waals surface area (Å²) < 4.78 is 63.3. The zero-order valence-electron chi connectivity index (χ0n) is 8.97. The Hall–Kier alpha value is -1.76. The van der Waals surface area contributed by atoms with Crippen LogP contribution in [0.5, 0.6) is 0 Å². The van der Waals surface area contributed by atoms with Crippen LogP contribution in [0, 0.1) is 11.6 Å². The van der Waals surface area contributed by atoms with Crippen molar-refractivity contribution in [2.24, 2.45) is 0 Å². The summed E-state index contributed by atoms with van der Waals surface area (Å²) >= 11 is 5.39. The molecule has 0 fully saturated rings. The Morgan fingerprint density at radius 1 is 0.947 bits per heavy atom. The SMILES string of the molecule is Fc1ccc(-c2cc(C(F)(F)F)nc(Cl)n2)cc1F. The first-order valence-corrected chi connectivity index (χ1v) is 5.22. The fourth-order valence-electron chi connectivity index (χ4n) is 1.37. The maximum Gasteiger partial charge on any atom is 0.433 e. The number of hydrogen-bond donors (Lipinski definition) is 0. The van der Waals surface area contributed by atoms with Crippen LogP contribution in [0.1, 0.15) is 5.69 Å². The summed E-state index contributed by atoms with van der Waals surface area (Å²) in [5, 5.41) is -0.630. The first kappa shape index (κ1) is 13.7. The number of halogens is 6. The summed E-state index contributed by atoms with van der Waals surface area (Å²) in [4.78, 5) is 6.59. The van der Waals surface area contributed by atoms with Gasteiger partial charge in [0.1, 0.15) is 5.69 Å². The van der Waals surface area contributed by atoms with Crippen molar-refractivity contribution >= 4 is 11.6 Å². The minimum atomic E-state index is -4.71. The second-order valence-electron chi connectivity index (χ2n) is 3.53. The highest BCUT2D eigenvalue weighted by Gasteiger charge is 2.33. The fraction of sp³-hybridized carbons (Fsp3) is 0.0909. The van der Waals surface area contributed by atoms with Gasteiger partial charge in [0.25, 0.3) is 0 Å². The van der Waals surface area contributed by atoms with Crippen molar-refractivity contribution in [1.29, 1.82) is 0 Å². The van der Waals surface area contributed by atoms with Crippen LogP contribution in [0.4, 0.5) is 22.0 Å². The maximum absolute atomic E-state index is 13.0. The van der Waals surface area contributed by atoms with E-state index >= 15 is 0 Å². The average Bonchev–Trinajstić information content (AvgIpc) is 2.31. The van der Waals surface area contributed by atoms with E-state index in [1.54, 1.807) is 0 Å². The van der Waals surface area contributed by atoms with Crippen LogP contribution >= 0.6 is 11.6 Å². The molecule has 2 rings (SSSR count). The molecule has 0 aliphatic heterocycles. The maximum atomic E-state index is 13.0. The van der Waals surface area contributed by atoms with Crippen molar-refractivity contribution < 1.29 is 22.0 Å². The van der Waals surface area contributed by atoms with E-state index in [0.717, 1.165) is 18.2 Å². The van der Waals surface area contributed by atoms with E-state index in [4.69, 9.17) is 11.6 Å². The summed E-state index contributed by atoms with van der Waals surface area (Å²) in [5.74, 6) is -2.30. The Bertz CT molecular complexity index is 627. The van der Waals surface area contributed by atoms with Gasteiger partial charge in [-0.3, -0.25) is 0 Å². The molecule has 19 heavy (non-hydrogen) atoms. The van der Waals surface area contributed by atoms with Crippen molar-refractivity contribution in [2.75, 3.05) is 0 Å². The molecule has 0 aliphatic carbocycles. The van der Waals surface area contributed by atoms with E-state index in [-0.39, 0.29) is 11.3 Å². The quantitative estimate of drug-likeness (QED) is 0.585. The van der Waals surface area contributed by atoms with Crippen LogP contribution in [-0.4, -0.2) is 9.97 Å². The largest absolute Gasteiger partial charge is 0.433 e. The van der Waals surface area contributed by atoms with Crippen LogP contribution in [0.2, 0.25) is 5.28 Å². The molecule has 0 saturated heterocycles. The fourth-order valence-corrected chi connectivity index (χ4v) is 1.55. The van der Waals surface area contributed by atoms with Crippen molar-refractivity contribution in [2.45, 2.75) is 6.18 Å². The van der Waals surface area contributed by atoms with Gasteiger partial charge in [0.05, 0.1) is 5.69 Å². The molecule has 8 heteroatoms. The van der Waals surface area contributed by atoms with Gasteiger partial charge in [-0.1, -0.05) is 0 Å². The summed E-state index contributed by atoms with van der Waals surface area (Å²) in [6.07, 6.45) is -4.71. The van der Waals surface area contributed by atoms with Crippen LogP contribution in [0.25, 0.3) is 11.3 Å². The highest BCUT2D eigenvalue weighted by atomic mass is 35.5. The molecular weight excluding hydrogens is 291 g/mol. The number of rotatable bonds is 1. The lowest BCUT2D eigenvalue weighted by atomic mass is 10.1. The molecule has 1 aromatic carbocycles. The topological polar surface area (TPSA) is 25.8 Å². The van der Waals surface area contributed by atoms with E-state index < -0.39 is 28.8 Å². The highest BCUT2D eigenvalue weighted by molar-refractivity contribution is 6.28. The lowest BCUT2D eigenvalue weighted by Gasteiger charge is -2.08. The van der Waals surface area contributed by atoms with Crippen LogP contribution < -0.4 is 0 Å². The molecule has 0 radical (unpaired) electrons. The molecule has 0 unspecified atom stereocenters. The predicted octanol–water partition coefficient (Wildman–Crippen LogP) is 4.09. The molecule has 1 heterocycles. The summed E-state index contributed by atoms with van der Waals surface area (Å²) in [7, 11) is 0. The van der Waals surface area contributed by atoms with E-state index in [9.17, 15) is 22.0 Å². The van der Waals surface area contributed by atoms with Gasteiger partial charge in [0.2, 0.25) is 5.28 Å². The Morgan fingerprint density at radius 2 is 1.63 bits per heavy atom. The van der Waals surface area contributed by atoms with Gasteiger partial charge >= 0.3 is 6.18 Å². The molecule has 0 N–H and O–H groups in total. The second kappa shape index (κ2) is 4.73. The third-order valence-corrected chi connectivity index (χ3v) is 2.37. The van der Waals surface area contributed by atoms with Gasteiger partial charge in [0.15, 0.2) is 11.6 Å². The molecule has 1 aromatic heterocycles. The van der Waals surface area contributed by atoms with Crippen LogP contribution in [0.15, 0.2) is 24.3 Å². The summed E-state index contributed by atoms with van der Waals surface area (Å²) in [6, 6.07) is 3.22. The van der Waals surface area contributed by atoms with Gasteiger partial charge in [0, 0.05) is 5.56 Å². The predicted molar refractivity (Wildman–Crippen MR) is 57.4 cm³/mol. The molecule has 0 amide bonds. The normalized spacial score (nSPS) is 11.7. The number of aromatic nitrogens is 2. The monoisotopic (exact) mass is 294 g/mol. The van der Waals surface area contributed by atoms with Crippen molar-refractivity contribution in [3.63, 3.8) is 0 Å². The van der Waals surface area contributed by atoms with E-state index in [1.165, 1.54) is 0 Å². The molecule has 0 aliphatic rings. The van der Waals surface area contributed by atoms with Gasteiger partial charge in [-0.2, -0.15) is 13.2 Å². The molecule has 100 valence electrons. The summed E-state index contributed by atoms with van der Waals surface area (Å²) in [5.41, 5.74) is -1.54. The van der Waals surface area contributed by atoms with E-state index in [2.05, 4.69) is 9.97 Å². The second-order valence-corrected chi connectivity index (χ2v) is 3.87. The Balaban J connectivity index is 2.56. The zero-order chi connectivity index (χ0) is 14.2. The standard InChI is InChI=1S/C11H4ClF5N2/c12-10-18-8(4-9(19-10)11(15,16)17)5-1-2-6(13)7(14)3-5/h1-4H. The number of hydrogen-bond acceptors (Lipinski definition) is 2. The van der Waals surface area contributed by atoms with Crippen molar-refractivity contribution in [3.05, 3.63) is 46.9 Å². The Morgan fingerprint density at radius 3 is 2.21 bits per heavy atom. The number of benzene rings is 1. The average molecular weight is 295 g/mol. The third-order valence-electron chi connectivity index (χ3n) is 2.20. The zero-order valence-corrected chi connectivity index (χ0v) is 9.73. The lowest BCUT2D eigenvalue weighted by Crippen LogP contribution is -2.09. The number of alkyl halides is 3. The Kier molecular flexibility index (Phi) is 3.40. The molecular formula is C11H4ClF5N2. The smallest absolute Gasteiger partial charge is 0.218 e. The van der Waals surface area contributed by atoms with E-state index in [0.29, 0.717) is 6.07 Å². The van der Waals surface area contributed by atoms with Crippen LogP contribution in [0.3, 0.4) is 0 Å². The molecule has 0 saturated carbocycles. The minimum absolute atomic E-state index is 0.0336. The third kappa shape index (κ3) is 2.98. The number of nitrogens with zero attached hydrogens (tertiary/aromatic N) is 2. The minimum Gasteiger partial charge on any atom is -0.218 e. The van der Waals surface area contributed by atoms with E-state index in [1.807, 2.05) is 0 Å². The first-order chi connectivity index (χ1) is 8.77. The first-order valence-electron chi connectivity index (χ1n) is 4.84. The molecule has 2 nitrogen and oxygen atoms in total. The lowest BCUT2D eigenvalue weighted by molar-refractivity contribution is -0.141. The van der Waals surface area contributed by atoms with Gasteiger partial charge in [-0.15, -0.1) is 0 Å². The van der Waals surface area contributed by atoms with Gasteiger partial charge in [-0.05, 0) is 35.9 Å². The highest BCUT2D eigenvalue weighted by Crippen LogP contribution is 2.31. The summed E-state index contributed by atoms with van der Waals surface area (Å²) in [6.45, 7) is 0. The Labute approximate surface area is 108 Å². The molecule has 0 atom stereocenters. The van der Waals surface area contributed by atoms with Gasteiger partial charge < -0.3 is 0 Å². The molecule has 2 aromatic rings. The molecule has 0 spiro atoms. The van der Waals surface area contributed by atoms with Gasteiger partial charge in [-0.25, -0.2) is 18.7 Å².